The Morgan fingerprint density at radius 2 is 0.803 bits per heavy atom. The minimum Gasteiger partial charge on any atom is -0.394 e. The van der Waals surface area contributed by atoms with Crippen molar-refractivity contribution in [2.45, 2.75) is 339 Å². The summed E-state index contributed by atoms with van der Waals surface area (Å²) in [7, 11) is 0. The molecule has 1 saturated heterocycles. The van der Waals surface area contributed by atoms with E-state index in [1.807, 2.05) is 6.08 Å². The van der Waals surface area contributed by atoms with Gasteiger partial charge in [0.1, 0.15) is 24.4 Å². The quantitative estimate of drug-likeness (QED) is 0.0261. The van der Waals surface area contributed by atoms with Gasteiger partial charge in [0.2, 0.25) is 5.91 Å². The fraction of sp³-hybridized carbons (Fsp3) is 0.887. The van der Waals surface area contributed by atoms with E-state index in [-0.39, 0.29) is 12.5 Å². The Morgan fingerprint density at radius 1 is 0.465 bits per heavy atom. The first-order valence-corrected chi connectivity index (χ1v) is 30.7. The van der Waals surface area contributed by atoms with E-state index in [4.69, 9.17) is 9.47 Å². The standard InChI is InChI=1S/C62H117NO8/c1-3-5-7-9-11-13-15-17-19-21-23-25-27-28-30-31-33-35-37-39-41-43-45-47-49-51-56(65)55(54-70-62-61(69)60(68)59(67)57(53-64)71-62)63-58(66)52-50-48-46-44-42-40-38-36-34-32-29-26-24-22-20-18-16-14-12-10-8-6-4-2/h33,35,41,43,49,51,55-57,59-62,64-65,67-69H,3-32,34,36-40,42,44-48,50,52-54H2,1-2H3,(H,63,66)/b35-33+,43-41+,51-49+. The van der Waals surface area contributed by atoms with Gasteiger partial charge in [-0.1, -0.05) is 281 Å². The molecule has 7 unspecified atom stereocenters. The van der Waals surface area contributed by atoms with Gasteiger partial charge in [0, 0.05) is 6.42 Å². The Bertz CT molecular complexity index is 1210. The summed E-state index contributed by atoms with van der Waals surface area (Å²) in [4.78, 5) is 13.1. The molecule has 418 valence electrons. The average Bonchev–Trinajstić information content (AvgIpc) is 3.37. The summed E-state index contributed by atoms with van der Waals surface area (Å²) in [5.74, 6) is -0.185. The molecule has 9 nitrogen and oxygen atoms in total. The van der Waals surface area contributed by atoms with E-state index in [0.717, 1.165) is 44.9 Å². The molecule has 0 aromatic heterocycles. The zero-order valence-electron chi connectivity index (χ0n) is 46.5. The van der Waals surface area contributed by atoms with Crippen LogP contribution in [0.15, 0.2) is 36.5 Å². The van der Waals surface area contributed by atoms with Crippen molar-refractivity contribution in [2.24, 2.45) is 0 Å². The number of rotatable bonds is 53. The number of aliphatic hydroxyl groups excluding tert-OH is 5. The molecule has 7 atom stereocenters. The van der Waals surface area contributed by atoms with Gasteiger partial charge in [0.25, 0.3) is 0 Å². The molecule has 1 aliphatic heterocycles. The normalized spacial score (nSPS) is 19.5. The summed E-state index contributed by atoms with van der Waals surface area (Å²) >= 11 is 0. The minimum atomic E-state index is -1.57. The molecule has 1 amide bonds. The SMILES string of the molecule is CCCCCCCCCCCCCCCCC/C=C/CC/C=C/CC/C=C/C(O)C(COC1OC(CO)C(O)C(O)C1O)NC(=O)CCCCCCCCCCCCCCCCCCCCCCCCC. The molecule has 9 heteroatoms. The second kappa shape index (κ2) is 51.9. The van der Waals surface area contributed by atoms with Crippen LogP contribution in [0.3, 0.4) is 0 Å². The number of hydrogen-bond acceptors (Lipinski definition) is 8. The molecule has 0 aliphatic carbocycles. The van der Waals surface area contributed by atoms with Crippen LogP contribution in [0.2, 0.25) is 0 Å². The largest absolute Gasteiger partial charge is 0.394 e. The number of unbranched alkanes of at least 4 members (excludes halogenated alkanes) is 39. The van der Waals surface area contributed by atoms with Crippen molar-refractivity contribution < 1.29 is 39.8 Å². The topological polar surface area (TPSA) is 149 Å². The zero-order chi connectivity index (χ0) is 51.5. The molecule has 0 aromatic rings. The van der Waals surface area contributed by atoms with Crippen LogP contribution < -0.4 is 5.32 Å². The van der Waals surface area contributed by atoms with Gasteiger partial charge in [-0.25, -0.2) is 0 Å². The van der Waals surface area contributed by atoms with Crippen LogP contribution in [0.5, 0.6) is 0 Å². The van der Waals surface area contributed by atoms with Gasteiger partial charge in [0.15, 0.2) is 6.29 Å². The Kier molecular flexibility index (Phi) is 49.3. The summed E-state index contributed by atoms with van der Waals surface area (Å²) < 4.78 is 11.3. The number of amides is 1. The zero-order valence-corrected chi connectivity index (χ0v) is 46.5. The molecule has 71 heavy (non-hydrogen) atoms. The molecule has 1 heterocycles. The van der Waals surface area contributed by atoms with Gasteiger partial charge in [-0.05, 0) is 44.9 Å². The number of carbonyl (C=O) groups excluding carboxylic acids is 1. The van der Waals surface area contributed by atoms with Crippen molar-refractivity contribution in [3.63, 3.8) is 0 Å². The highest BCUT2D eigenvalue weighted by atomic mass is 16.7. The first-order valence-electron chi connectivity index (χ1n) is 30.7. The van der Waals surface area contributed by atoms with E-state index in [0.29, 0.717) is 6.42 Å². The van der Waals surface area contributed by atoms with Crippen molar-refractivity contribution in [3.8, 4) is 0 Å². The van der Waals surface area contributed by atoms with E-state index in [9.17, 15) is 30.3 Å². The number of nitrogens with one attached hydrogen (secondary N) is 1. The van der Waals surface area contributed by atoms with Crippen molar-refractivity contribution in [1.82, 2.24) is 5.32 Å². The summed E-state index contributed by atoms with van der Waals surface area (Å²) in [6.45, 7) is 3.80. The third-order valence-electron chi connectivity index (χ3n) is 14.7. The van der Waals surface area contributed by atoms with Gasteiger partial charge >= 0.3 is 0 Å². The smallest absolute Gasteiger partial charge is 0.220 e. The highest BCUT2D eigenvalue weighted by molar-refractivity contribution is 5.76. The summed E-state index contributed by atoms with van der Waals surface area (Å²) in [5.41, 5.74) is 0. The van der Waals surface area contributed by atoms with E-state index < -0.39 is 49.5 Å². The summed E-state index contributed by atoms with van der Waals surface area (Å²) in [6.07, 6.45) is 60.8. The number of hydrogen-bond donors (Lipinski definition) is 6. The van der Waals surface area contributed by atoms with Crippen molar-refractivity contribution in [3.05, 3.63) is 36.5 Å². The van der Waals surface area contributed by atoms with Crippen molar-refractivity contribution >= 4 is 5.91 Å². The summed E-state index contributed by atoms with van der Waals surface area (Å²) in [5, 5.41) is 54.6. The Morgan fingerprint density at radius 3 is 1.18 bits per heavy atom. The molecule has 0 spiro atoms. The molecule has 6 N–H and O–H groups in total. The Hall–Kier alpha value is -1.59. The second-order valence-corrected chi connectivity index (χ2v) is 21.5. The van der Waals surface area contributed by atoms with Gasteiger partial charge in [-0.15, -0.1) is 0 Å². The highest BCUT2D eigenvalue weighted by Gasteiger charge is 2.44. The van der Waals surface area contributed by atoms with Crippen LogP contribution in [0, 0.1) is 0 Å². The summed E-state index contributed by atoms with van der Waals surface area (Å²) in [6, 6.07) is -0.827. The minimum absolute atomic E-state index is 0.185. The lowest BCUT2D eigenvalue weighted by molar-refractivity contribution is -0.302. The molecule has 0 bridgehead atoms. The molecular formula is C62H117NO8. The maximum absolute atomic E-state index is 13.1. The third kappa shape index (κ3) is 41.4. The molecular weight excluding hydrogens is 887 g/mol. The monoisotopic (exact) mass is 1000 g/mol. The maximum Gasteiger partial charge on any atom is 0.220 e. The fourth-order valence-electron chi connectivity index (χ4n) is 9.84. The fourth-order valence-corrected chi connectivity index (χ4v) is 9.84. The van der Waals surface area contributed by atoms with Crippen molar-refractivity contribution in [2.75, 3.05) is 13.2 Å². The highest BCUT2D eigenvalue weighted by Crippen LogP contribution is 2.23. The van der Waals surface area contributed by atoms with Crippen LogP contribution in [0.25, 0.3) is 0 Å². The number of allylic oxidation sites excluding steroid dienone is 5. The molecule has 1 rings (SSSR count). The predicted molar refractivity (Wildman–Crippen MR) is 300 cm³/mol. The van der Waals surface area contributed by atoms with E-state index in [2.05, 4.69) is 43.5 Å². The van der Waals surface area contributed by atoms with Gasteiger partial charge in [0.05, 0.1) is 25.4 Å². The van der Waals surface area contributed by atoms with E-state index in [1.165, 1.54) is 231 Å². The first-order chi connectivity index (χ1) is 34.8. The second-order valence-electron chi connectivity index (χ2n) is 21.5. The Labute approximate surface area is 438 Å². The van der Waals surface area contributed by atoms with E-state index in [1.54, 1.807) is 6.08 Å². The first kappa shape index (κ1) is 67.4. The molecule has 0 radical (unpaired) electrons. The Balaban J connectivity index is 2.23. The van der Waals surface area contributed by atoms with Crippen LogP contribution in [-0.2, 0) is 14.3 Å². The van der Waals surface area contributed by atoms with Crippen LogP contribution >= 0.6 is 0 Å². The van der Waals surface area contributed by atoms with Gasteiger partial charge in [-0.3, -0.25) is 4.79 Å². The predicted octanol–water partition coefficient (Wildman–Crippen LogP) is 15.5. The number of carbonyl (C=O) groups is 1. The average molecular weight is 1000 g/mol. The molecule has 1 aliphatic rings. The van der Waals surface area contributed by atoms with Gasteiger partial charge in [-0.2, -0.15) is 0 Å². The van der Waals surface area contributed by atoms with E-state index >= 15 is 0 Å². The molecule has 1 fully saturated rings. The lowest BCUT2D eigenvalue weighted by Crippen LogP contribution is -2.60. The lowest BCUT2D eigenvalue weighted by Gasteiger charge is -2.40. The molecule has 0 aromatic carbocycles. The number of aliphatic hydroxyl groups is 5. The van der Waals surface area contributed by atoms with Crippen molar-refractivity contribution in [1.29, 1.82) is 0 Å². The number of ether oxygens (including phenoxy) is 2. The van der Waals surface area contributed by atoms with Crippen LogP contribution in [-0.4, -0.2) is 87.5 Å². The third-order valence-corrected chi connectivity index (χ3v) is 14.7. The van der Waals surface area contributed by atoms with Gasteiger partial charge < -0.3 is 40.3 Å². The van der Waals surface area contributed by atoms with Crippen LogP contribution in [0.1, 0.15) is 296 Å². The molecule has 0 saturated carbocycles. The maximum atomic E-state index is 13.1. The lowest BCUT2D eigenvalue weighted by atomic mass is 9.99. The van der Waals surface area contributed by atoms with Crippen LogP contribution in [0.4, 0.5) is 0 Å².